The van der Waals surface area contributed by atoms with E-state index < -0.39 is 0 Å². The smallest absolute Gasteiger partial charge is 0.237 e. The zero-order chi connectivity index (χ0) is 19.8. The van der Waals surface area contributed by atoms with E-state index in [1.807, 2.05) is 13.0 Å². The molecule has 1 N–H and O–H groups in total. The average Bonchev–Trinajstić information content (AvgIpc) is 3.10. The summed E-state index contributed by atoms with van der Waals surface area (Å²) in [6, 6.07) is 10.0. The molecule has 0 radical (unpaired) electrons. The molecular formula is C20H20N4O3S2. The van der Waals surface area contributed by atoms with Gasteiger partial charge in [-0.2, -0.15) is 0 Å². The van der Waals surface area contributed by atoms with Gasteiger partial charge in [0.2, 0.25) is 12.7 Å². The lowest BCUT2D eigenvalue weighted by Gasteiger charge is -2.13. The second-order valence-corrected chi connectivity index (χ2v) is 9.41. The fraction of sp³-hybridized carbons (Fsp3) is 0.350. The van der Waals surface area contributed by atoms with Gasteiger partial charge in [0.05, 0.1) is 5.25 Å². The molecule has 0 unspecified atom stereocenters. The summed E-state index contributed by atoms with van der Waals surface area (Å²) in [4.78, 5) is 14.0. The summed E-state index contributed by atoms with van der Waals surface area (Å²) in [5.74, 6) is 2.23. The standard InChI is InChI=1S/C20H20N4O3S2/c1-12(19(25)21-13-4-7-16-17(9-13)27-11-26-16)29-20-23-22-18(24(20)14-5-6-14)10-15-3-2-8-28-15/h2-4,7-9,12,14H,5-6,10-11H2,1H3,(H,21,25)/t12-/m0/s1. The van der Waals surface area contributed by atoms with Crippen molar-refractivity contribution in [3.05, 3.63) is 46.4 Å². The molecule has 3 aromatic rings. The van der Waals surface area contributed by atoms with Crippen LogP contribution in [0, 0.1) is 0 Å². The second kappa shape index (κ2) is 7.72. The second-order valence-electron chi connectivity index (χ2n) is 7.07. The number of ether oxygens (including phenoxy) is 2. The highest BCUT2D eigenvalue weighted by atomic mass is 32.2. The van der Waals surface area contributed by atoms with Gasteiger partial charge in [-0.05, 0) is 43.3 Å². The van der Waals surface area contributed by atoms with E-state index in [1.165, 1.54) is 16.6 Å². The van der Waals surface area contributed by atoms with Crippen molar-refractivity contribution < 1.29 is 14.3 Å². The van der Waals surface area contributed by atoms with Gasteiger partial charge in [-0.15, -0.1) is 21.5 Å². The summed E-state index contributed by atoms with van der Waals surface area (Å²) in [6.45, 7) is 2.10. The van der Waals surface area contributed by atoms with Gasteiger partial charge in [0, 0.05) is 29.1 Å². The molecule has 0 saturated heterocycles. The number of thioether (sulfide) groups is 1. The van der Waals surface area contributed by atoms with Crippen LogP contribution < -0.4 is 14.8 Å². The molecule has 1 aliphatic heterocycles. The normalized spacial score (nSPS) is 16.0. The van der Waals surface area contributed by atoms with Gasteiger partial charge in [0.1, 0.15) is 5.82 Å². The van der Waals surface area contributed by atoms with Crippen LogP contribution in [0.4, 0.5) is 5.69 Å². The Kier molecular flexibility index (Phi) is 4.92. The zero-order valence-electron chi connectivity index (χ0n) is 15.8. The number of carbonyl (C=O) groups excluding carboxylic acids is 1. The summed E-state index contributed by atoms with van der Waals surface area (Å²) >= 11 is 3.17. The number of nitrogens with one attached hydrogen (secondary N) is 1. The monoisotopic (exact) mass is 428 g/mol. The number of benzene rings is 1. The Morgan fingerprint density at radius 3 is 2.97 bits per heavy atom. The number of anilines is 1. The van der Waals surface area contributed by atoms with Crippen LogP contribution in [0.15, 0.2) is 40.9 Å². The van der Waals surface area contributed by atoms with Crippen LogP contribution in [-0.4, -0.2) is 32.7 Å². The van der Waals surface area contributed by atoms with Crippen molar-refractivity contribution in [1.29, 1.82) is 0 Å². The number of aromatic nitrogens is 3. The first kappa shape index (κ1) is 18.5. The molecule has 29 heavy (non-hydrogen) atoms. The van der Waals surface area contributed by atoms with Crippen molar-refractivity contribution in [2.45, 2.75) is 42.6 Å². The highest BCUT2D eigenvalue weighted by Gasteiger charge is 2.31. The molecule has 1 aromatic carbocycles. The maximum atomic E-state index is 12.7. The SMILES string of the molecule is C[C@H](Sc1nnc(Cc2cccs2)n1C1CC1)C(=O)Nc1ccc2c(c1)OCO2. The molecule has 0 bridgehead atoms. The number of fused-ring (bicyclic) bond motifs is 1. The lowest BCUT2D eigenvalue weighted by Crippen LogP contribution is -2.23. The van der Waals surface area contributed by atoms with E-state index in [9.17, 15) is 4.79 Å². The van der Waals surface area contributed by atoms with Gasteiger partial charge in [0.15, 0.2) is 16.7 Å². The Bertz CT molecular complexity index is 1030. The minimum Gasteiger partial charge on any atom is -0.454 e. The summed E-state index contributed by atoms with van der Waals surface area (Å²) in [5.41, 5.74) is 0.689. The molecular weight excluding hydrogens is 408 g/mol. The lowest BCUT2D eigenvalue weighted by atomic mass is 10.2. The van der Waals surface area contributed by atoms with E-state index in [0.29, 0.717) is 23.2 Å². The first-order valence-corrected chi connectivity index (χ1v) is 11.3. The van der Waals surface area contributed by atoms with E-state index in [0.717, 1.165) is 30.2 Å². The van der Waals surface area contributed by atoms with Gasteiger partial charge in [-0.25, -0.2) is 0 Å². The molecule has 1 aliphatic carbocycles. The molecule has 7 nitrogen and oxygen atoms in total. The highest BCUT2D eigenvalue weighted by molar-refractivity contribution is 8.00. The van der Waals surface area contributed by atoms with Crippen molar-refractivity contribution in [2.24, 2.45) is 0 Å². The van der Waals surface area contributed by atoms with Gasteiger partial charge in [0.25, 0.3) is 0 Å². The molecule has 2 aromatic heterocycles. The molecule has 9 heteroatoms. The van der Waals surface area contributed by atoms with E-state index in [1.54, 1.807) is 23.5 Å². The molecule has 1 atom stereocenters. The number of rotatable bonds is 7. The van der Waals surface area contributed by atoms with Gasteiger partial charge >= 0.3 is 0 Å². The molecule has 1 amide bonds. The molecule has 1 saturated carbocycles. The maximum Gasteiger partial charge on any atom is 0.237 e. The zero-order valence-corrected chi connectivity index (χ0v) is 17.5. The number of hydrogen-bond acceptors (Lipinski definition) is 7. The third kappa shape index (κ3) is 3.97. The Labute approximate surface area is 176 Å². The van der Waals surface area contributed by atoms with Crippen molar-refractivity contribution in [1.82, 2.24) is 14.8 Å². The van der Waals surface area contributed by atoms with Crippen LogP contribution in [0.3, 0.4) is 0 Å². The summed E-state index contributed by atoms with van der Waals surface area (Å²) in [5, 5.41) is 14.3. The number of carbonyl (C=O) groups is 1. The van der Waals surface area contributed by atoms with Gasteiger partial charge in [-0.3, -0.25) is 4.79 Å². The Morgan fingerprint density at radius 2 is 2.17 bits per heavy atom. The van der Waals surface area contributed by atoms with Crippen LogP contribution in [0.25, 0.3) is 0 Å². The fourth-order valence-electron chi connectivity index (χ4n) is 3.21. The van der Waals surface area contributed by atoms with Gasteiger partial charge in [-0.1, -0.05) is 17.8 Å². The minimum atomic E-state index is -0.309. The topological polar surface area (TPSA) is 78.3 Å². The third-order valence-corrected chi connectivity index (χ3v) is 6.78. The molecule has 2 aliphatic rings. The number of nitrogens with zero attached hydrogens (tertiary/aromatic N) is 3. The maximum absolute atomic E-state index is 12.7. The van der Waals surface area contributed by atoms with Crippen LogP contribution in [0.1, 0.15) is 36.5 Å². The Balaban J connectivity index is 1.28. The van der Waals surface area contributed by atoms with Crippen molar-refractivity contribution in [3.8, 4) is 11.5 Å². The first-order valence-electron chi connectivity index (χ1n) is 9.51. The van der Waals surface area contributed by atoms with Crippen molar-refractivity contribution in [2.75, 3.05) is 12.1 Å². The largest absolute Gasteiger partial charge is 0.454 e. The highest BCUT2D eigenvalue weighted by Crippen LogP contribution is 2.40. The average molecular weight is 429 g/mol. The summed E-state index contributed by atoms with van der Waals surface area (Å²) in [6.07, 6.45) is 3.06. The van der Waals surface area contributed by atoms with E-state index in [2.05, 4.69) is 37.6 Å². The number of hydrogen-bond donors (Lipinski definition) is 1. The van der Waals surface area contributed by atoms with Crippen LogP contribution in [0.5, 0.6) is 11.5 Å². The predicted octanol–water partition coefficient (Wildman–Crippen LogP) is 4.11. The molecule has 150 valence electrons. The van der Waals surface area contributed by atoms with E-state index in [4.69, 9.17) is 9.47 Å². The number of amides is 1. The molecule has 1 fully saturated rings. The number of thiophene rings is 1. The van der Waals surface area contributed by atoms with E-state index >= 15 is 0 Å². The fourth-order valence-corrected chi connectivity index (χ4v) is 4.85. The molecule has 5 rings (SSSR count). The van der Waals surface area contributed by atoms with Crippen LogP contribution in [-0.2, 0) is 11.2 Å². The predicted molar refractivity (Wildman–Crippen MR) is 112 cm³/mol. The van der Waals surface area contributed by atoms with Crippen molar-refractivity contribution >= 4 is 34.7 Å². The molecule has 0 spiro atoms. The first-order chi connectivity index (χ1) is 14.2. The summed E-state index contributed by atoms with van der Waals surface area (Å²) < 4.78 is 12.9. The summed E-state index contributed by atoms with van der Waals surface area (Å²) in [7, 11) is 0. The van der Waals surface area contributed by atoms with Crippen LogP contribution in [0.2, 0.25) is 0 Å². The van der Waals surface area contributed by atoms with Gasteiger partial charge < -0.3 is 19.4 Å². The minimum absolute atomic E-state index is 0.0842. The third-order valence-electron chi connectivity index (χ3n) is 4.85. The Hall–Kier alpha value is -2.52. The Morgan fingerprint density at radius 1 is 1.31 bits per heavy atom. The lowest BCUT2D eigenvalue weighted by molar-refractivity contribution is -0.115. The quantitative estimate of drug-likeness (QED) is 0.571. The molecule has 3 heterocycles. The van der Waals surface area contributed by atoms with Crippen LogP contribution >= 0.6 is 23.1 Å². The van der Waals surface area contributed by atoms with E-state index in [-0.39, 0.29) is 18.0 Å². The van der Waals surface area contributed by atoms with Crippen molar-refractivity contribution in [3.63, 3.8) is 0 Å².